The standard InChI is InChI=1S/C58H96N2/c1-6-11-16-17-18-19-20-21-22-23-24-25-26-27-28-29-30-31-32-33-34-39-44-58(60-57-48-46-53(41-36-13-8-3)55(50-57)43-38-15-10-5)51-59-56-47-45-52(40-35-12-7-2)54(49-56)42-37-14-9-4/h45-51H,6-38,40-43H2,1-5H3. The Morgan fingerprint density at radius 1 is 0.383 bits per heavy atom. The maximum absolute atomic E-state index is 5.17. The van der Waals surface area contributed by atoms with E-state index in [9.17, 15) is 0 Å². The van der Waals surface area contributed by atoms with Crippen LogP contribution in [0.5, 0.6) is 0 Å². The molecule has 2 nitrogen and oxygen atoms in total. The Kier molecular flexibility index (Phi) is 34.9. The average Bonchev–Trinajstić information content (AvgIpc) is 3.26. The largest absolute Gasteiger partial charge is 0.254 e. The zero-order chi connectivity index (χ0) is 43.0. The van der Waals surface area contributed by atoms with Gasteiger partial charge in [-0.1, -0.05) is 226 Å². The van der Waals surface area contributed by atoms with Crippen LogP contribution in [0.25, 0.3) is 0 Å². The number of aryl methyl sites for hydroxylation is 4. The summed E-state index contributed by atoms with van der Waals surface area (Å²) in [5.41, 5.74) is 8.79. The highest BCUT2D eigenvalue weighted by Gasteiger charge is 2.07. The summed E-state index contributed by atoms with van der Waals surface area (Å²) in [4.78, 5) is 10.2. The molecule has 0 aliphatic rings. The third-order valence-corrected chi connectivity index (χ3v) is 12.5. The summed E-state index contributed by atoms with van der Waals surface area (Å²) in [5.74, 6) is 6.99. The predicted molar refractivity (Wildman–Crippen MR) is 271 cm³/mol. The van der Waals surface area contributed by atoms with Crippen LogP contribution in [0.4, 0.5) is 11.4 Å². The molecule has 0 aliphatic carbocycles. The van der Waals surface area contributed by atoms with Crippen LogP contribution in [0.2, 0.25) is 0 Å². The average molecular weight is 821 g/mol. The van der Waals surface area contributed by atoms with E-state index < -0.39 is 0 Å². The van der Waals surface area contributed by atoms with Gasteiger partial charge in [-0.05, 0) is 110 Å². The number of unbranched alkanes of at least 4 members (excludes halogenated alkanes) is 28. The molecule has 2 heteroatoms. The van der Waals surface area contributed by atoms with Crippen LogP contribution in [-0.4, -0.2) is 11.9 Å². The van der Waals surface area contributed by atoms with E-state index in [0.29, 0.717) is 0 Å². The van der Waals surface area contributed by atoms with E-state index >= 15 is 0 Å². The molecule has 0 atom stereocenters. The Morgan fingerprint density at radius 2 is 0.717 bits per heavy atom. The highest BCUT2D eigenvalue weighted by Crippen LogP contribution is 2.25. The third-order valence-electron chi connectivity index (χ3n) is 12.5. The van der Waals surface area contributed by atoms with Gasteiger partial charge in [-0.2, -0.15) is 0 Å². The van der Waals surface area contributed by atoms with Crippen molar-refractivity contribution >= 4 is 23.3 Å². The number of rotatable bonds is 39. The molecule has 2 aromatic rings. The molecule has 2 rings (SSSR count). The van der Waals surface area contributed by atoms with Crippen LogP contribution in [0.15, 0.2) is 46.4 Å². The number of benzene rings is 2. The highest BCUT2D eigenvalue weighted by atomic mass is 14.8. The van der Waals surface area contributed by atoms with Crippen LogP contribution in [0.1, 0.15) is 269 Å². The maximum Gasteiger partial charge on any atom is 0.132 e. The molecular weight excluding hydrogens is 725 g/mol. The predicted octanol–water partition coefficient (Wildman–Crippen LogP) is 19.3. The summed E-state index contributed by atoms with van der Waals surface area (Å²) >= 11 is 0. The molecule has 2 aromatic carbocycles. The first-order valence-corrected chi connectivity index (χ1v) is 26.5. The maximum atomic E-state index is 5.17. The summed E-state index contributed by atoms with van der Waals surface area (Å²) in [6.07, 6.45) is 50.9. The van der Waals surface area contributed by atoms with Crippen molar-refractivity contribution < 1.29 is 0 Å². The van der Waals surface area contributed by atoms with Crippen molar-refractivity contribution in [1.82, 2.24) is 0 Å². The minimum atomic E-state index is 0.779. The van der Waals surface area contributed by atoms with Crippen LogP contribution >= 0.6 is 0 Å². The minimum absolute atomic E-state index is 0.779. The van der Waals surface area contributed by atoms with Gasteiger partial charge in [0.15, 0.2) is 0 Å². The summed E-state index contributed by atoms with van der Waals surface area (Å²) in [6.45, 7) is 11.5. The van der Waals surface area contributed by atoms with Gasteiger partial charge in [0.2, 0.25) is 0 Å². The second kappa shape index (κ2) is 39.2. The third kappa shape index (κ3) is 28.0. The van der Waals surface area contributed by atoms with E-state index in [1.54, 1.807) is 0 Å². The molecule has 0 saturated heterocycles. The number of hydrogen-bond donors (Lipinski definition) is 0. The number of aliphatic imine (C=N–C) groups is 2. The lowest BCUT2D eigenvalue weighted by Gasteiger charge is -2.11. The molecule has 0 amide bonds. The quantitative estimate of drug-likeness (QED) is 0.0365. The molecule has 0 bridgehead atoms. The molecule has 0 N–H and O–H groups in total. The molecule has 0 spiro atoms. The summed E-state index contributed by atoms with van der Waals surface area (Å²) in [5, 5.41) is 0. The van der Waals surface area contributed by atoms with Gasteiger partial charge in [0.25, 0.3) is 0 Å². The summed E-state index contributed by atoms with van der Waals surface area (Å²) in [7, 11) is 0. The summed E-state index contributed by atoms with van der Waals surface area (Å²) in [6, 6.07) is 13.8. The van der Waals surface area contributed by atoms with Crippen molar-refractivity contribution in [2.45, 2.75) is 272 Å². The van der Waals surface area contributed by atoms with E-state index in [0.717, 1.165) is 36.3 Å². The molecular formula is C58H96N2. The molecule has 0 aromatic heterocycles. The molecule has 338 valence electrons. The molecule has 0 aliphatic heterocycles. The molecule has 0 fully saturated rings. The van der Waals surface area contributed by atoms with E-state index in [-0.39, 0.29) is 0 Å². The Balaban J connectivity index is 1.94. The fourth-order valence-electron chi connectivity index (χ4n) is 8.58. The fraction of sp³-hybridized carbons (Fsp3) is 0.724. The van der Waals surface area contributed by atoms with Crippen LogP contribution in [-0.2, 0) is 25.7 Å². The topological polar surface area (TPSA) is 24.7 Å². The fourth-order valence-corrected chi connectivity index (χ4v) is 8.58. The van der Waals surface area contributed by atoms with Crippen molar-refractivity contribution in [2.24, 2.45) is 9.98 Å². The zero-order valence-electron chi connectivity index (χ0n) is 40.6. The van der Waals surface area contributed by atoms with Crippen molar-refractivity contribution in [2.75, 3.05) is 0 Å². The Labute approximate surface area is 374 Å². The van der Waals surface area contributed by atoms with E-state index in [2.05, 4.69) is 82.9 Å². The van der Waals surface area contributed by atoms with Gasteiger partial charge >= 0.3 is 0 Å². The first kappa shape index (κ1) is 53.5. The lowest BCUT2D eigenvalue weighted by atomic mass is 9.96. The van der Waals surface area contributed by atoms with Gasteiger partial charge < -0.3 is 0 Å². The van der Waals surface area contributed by atoms with Crippen LogP contribution < -0.4 is 0 Å². The summed E-state index contributed by atoms with van der Waals surface area (Å²) < 4.78 is 0. The van der Waals surface area contributed by atoms with Crippen molar-refractivity contribution in [3.8, 4) is 11.8 Å². The molecule has 0 unspecified atom stereocenters. The lowest BCUT2D eigenvalue weighted by Crippen LogP contribution is -1.98. The van der Waals surface area contributed by atoms with Gasteiger partial charge in [-0.3, -0.25) is 4.99 Å². The molecule has 60 heavy (non-hydrogen) atoms. The van der Waals surface area contributed by atoms with Gasteiger partial charge in [-0.15, -0.1) is 0 Å². The lowest BCUT2D eigenvalue weighted by molar-refractivity contribution is 0.522. The minimum Gasteiger partial charge on any atom is -0.254 e. The van der Waals surface area contributed by atoms with Gasteiger partial charge in [0.1, 0.15) is 5.71 Å². The smallest absolute Gasteiger partial charge is 0.132 e. The van der Waals surface area contributed by atoms with E-state index in [4.69, 9.17) is 9.98 Å². The molecule has 0 saturated carbocycles. The second-order valence-corrected chi connectivity index (χ2v) is 18.3. The van der Waals surface area contributed by atoms with Crippen LogP contribution in [0.3, 0.4) is 0 Å². The monoisotopic (exact) mass is 821 g/mol. The van der Waals surface area contributed by atoms with E-state index in [1.165, 1.54) is 241 Å². The van der Waals surface area contributed by atoms with Gasteiger partial charge in [0.05, 0.1) is 17.6 Å². The Bertz CT molecular complexity index is 1420. The van der Waals surface area contributed by atoms with Crippen molar-refractivity contribution in [3.05, 3.63) is 58.7 Å². The van der Waals surface area contributed by atoms with Gasteiger partial charge in [-0.25, -0.2) is 4.99 Å². The SMILES string of the molecule is CCCCCCCCCCCCCCCCCCCCCCC#CC(C=Nc1ccc(CCCCC)c(CCCCC)c1)=Nc1ccc(CCCCC)c(CCCCC)c1. The molecule has 0 heterocycles. The first-order chi connectivity index (χ1) is 29.6. The Hall–Kier alpha value is -2.66. The first-order valence-electron chi connectivity index (χ1n) is 26.5. The number of hydrogen-bond acceptors (Lipinski definition) is 2. The normalized spacial score (nSPS) is 11.8. The highest BCUT2D eigenvalue weighted by molar-refractivity contribution is 6.39. The van der Waals surface area contributed by atoms with E-state index in [1.807, 2.05) is 6.21 Å². The molecule has 0 radical (unpaired) electrons. The second-order valence-electron chi connectivity index (χ2n) is 18.3. The Morgan fingerprint density at radius 3 is 1.13 bits per heavy atom. The number of nitrogens with zero attached hydrogens (tertiary/aromatic N) is 2. The zero-order valence-corrected chi connectivity index (χ0v) is 40.6. The van der Waals surface area contributed by atoms with Crippen molar-refractivity contribution in [1.29, 1.82) is 0 Å². The van der Waals surface area contributed by atoms with Crippen LogP contribution in [0, 0.1) is 11.8 Å². The van der Waals surface area contributed by atoms with Gasteiger partial charge in [0, 0.05) is 6.42 Å². The van der Waals surface area contributed by atoms with Crippen molar-refractivity contribution in [3.63, 3.8) is 0 Å².